The van der Waals surface area contributed by atoms with Crippen LogP contribution in [0.2, 0.25) is 0 Å². The first-order valence-corrected chi connectivity index (χ1v) is 7.21. The van der Waals surface area contributed by atoms with Crippen LogP contribution >= 0.6 is 0 Å². The van der Waals surface area contributed by atoms with Gasteiger partial charge in [0.05, 0.1) is 19.6 Å². The number of rotatable bonds is 5. The highest BCUT2D eigenvalue weighted by Gasteiger charge is 2.11. The summed E-state index contributed by atoms with van der Waals surface area (Å²) in [7, 11) is 1.62. The molecule has 4 nitrogen and oxygen atoms in total. The van der Waals surface area contributed by atoms with E-state index in [0.29, 0.717) is 11.3 Å². The van der Waals surface area contributed by atoms with Gasteiger partial charge in [-0.25, -0.2) is 0 Å². The lowest BCUT2D eigenvalue weighted by molar-refractivity contribution is -0.115. The smallest absolute Gasteiger partial charge is 0.228 e. The number of ether oxygens (including phenoxy) is 1. The minimum atomic E-state index is -0.629. The molecule has 2 N–H and O–H groups in total. The predicted molar refractivity (Wildman–Crippen MR) is 87.1 cm³/mol. The van der Waals surface area contributed by atoms with E-state index in [1.54, 1.807) is 26.2 Å². The molecular weight excluding hydrogens is 278 g/mol. The molecule has 0 aliphatic rings. The zero-order valence-electron chi connectivity index (χ0n) is 13.1. The summed E-state index contributed by atoms with van der Waals surface area (Å²) in [4.78, 5) is 12.2. The van der Waals surface area contributed by atoms with Crippen molar-refractivity contribution in [2.24, 2.45) is 0 Å². The Bertz CT molecular complexity index is 665. The Hall–Kier alpha value is -2.33. The van der Waals surface area contributed by atoms with Crippen LogP contribution in [0.25, 0.3) is 0 Å². The van der Waals surface area contributed by atoms with Gasteiger partial charge in [-0.2, -0.15) is 0 Å². The maximum Gasteiger partial charge on any atom is 0.228 e. The van der Waals surface area contributed by atoms with Crippen LogP contribution in [0.15, 0.2) is 42.5 Å². The third-order valence-corrected chi connectivity index (χ3v) is 3.52. The van der Waals surface area contributed by atoms with E-state index in [1.165, 1.54) is 0 Å². The second-order valence-electron chi connectivity index (χ2n) is 5.29. The zero-order valence-corrected chi connectivity index (χ0v) is 13.1. The van der Waals surface area contributed by atoms with E-state index in [9.17, 15) is 9.90 Å². The van der Waals surface area contributed by atoms with E-state index in [-0.39, 0.29) is 12.3 Å². The van der Waals surface area contributed by atoms with E-state index in [0.717, 1.165) is 16.9 Å². The highest BCUT2D eigenvalue weighted by molar-refractivity contribution is 5.93. The molecule has 0 bridgehead atoms. The van der Waals surface area contributed by atoms with E-state index in [4.69, 9.17) is 4.74 Å². The van der Waals surface area contributed by atoms with E-state index in [1.807, 2.05) is 37.3 Å². The molecule has 1 unspecified atom stereocenters. The molecule has 0 radical (unpaired) electrons. The SMILES string of the molecule is COc1cc(CC(=O)Nc2ccccc2C(C)O)ccc1C. The van der Waals surface area contributed by atoms with Crippen LogP contribution in [0.5, 0.6) is 5.75 Å². The van der Waals surface area contributed by atoms with Crippen LogP contribution in [0, 0.1) is 6.92 Å². The number of aryl methyl sites for hydroxylation is 1. The Morgan fingerprint density at radius 1 is 1.27 bits per heavy atom. The van der Waals surface area contributed by atoms with Gasteiger partial charge >= 0.3 is 0 Å². The first kappa shape index (κ1) is 16.0. The van der Waals surface area contributed by atoms with Crippen LogP contribution in [0.1, 0.15) is 29.7 Å². The van der Waals surface area contributed by atoms with Gasteiger partial charge in [-0.05, 0) is 37.1 Å². The first-order valence-electron chi connectivity index (χ1n) is 7.21. The lowest BCUT2D eigenvalue weighted by Crippen LogP contribution is -2.16. The van der Waals surface area contributed by atoms with Gasteiger partial charge in [-0.1, -0.05) is 30.3 Å². The summed E-state index contributed by atoms with van der Waals surface area (Å²) in [5.74, 6) is 0.647. The van der Waals surface area contributed by atoms with Crippen molar-refractivity contribution in [3.05, 3.63) is 59.2 Å². The molecule has 116 valence electrons. The molecule has 0 aliphatic carbocycles. The average molecular weight is 299 g/mol. The van der Waals surface area contributed by atoms with Gasteiger partial charge in [-0.3, -0.25) is 4.79 Å². The average Bonchev–Trinajstić information content (AvgIpc) is 2.49. The third kappa shape index (κ3) is 3.86. The summed E-state index contributed by atoms with van der Waals surface area (Å²) in [6.07, 6.45) is -0.374. The summed E-state index contributed by atoms with van der Waals surface area (Å²) in [6, 6.07) is 13.0. The molecule has 0 fully saturated rings. The quantitative estimate of drug-likeness (QED) is 0.891. The van der Waals surface area contributed by atoms with Gasteiger partial charge in [0.1, 0.15) is 5.75 Å². The molecule has 2 aromatic carbocycles. The van der Waals surface area contributed by atoms with Crippen molar-refractivity contribution in [1.29, 1.82) is 0 Å². The topological polar surface area (TPSA) is 58.6 Å². The fraction of sp³-hybridized carbons (Fsp3) is 0.278. The molecule has 1 amide bonds. The number of hydrogen-bond acceptors (Lipinski definition) is 3. The molecule has 2 aromatic rings. The maximum atomic E-state index is 12.2. The zero-order chi connectivity index (χ0) is 16.1. The monoisotopic (exact) mass is 299 g/mol. The molecule has 22 heavy (non-hydrogen) atoms. The standard InChI is InChI=1S/C18H21NO3/c1-12-8-9-14(10-17(12)22-3)11-18(21)19-16-7-5-4-6-15(16)13(2)20/h4-10,13,20H,11H2,1-3H3,(H,19,21). The van der Waals surface area contributed by atoms with Crippen LogP contribution in [0.3, 0.4) is 0 Å². The summed E-state index contributed by atoms with van der Waals surface area (Å²) in [5, 5.41) is 12.6. The van der Waals surface area contributed by atoms with Gasteiger partial charge in [0.15, 0.2) is 0 Å². The summed E-state index contributed by atoms with van der Waals surface area (Å²) < 4.78 is 5.27. The number of carbonyl (C=O) groups excluding carboxylic acids is 1. The summed E-state index contributed by atoms with van der Waals surface area (Å²) in [5.41, 5.74) is 3.26. The highest BCUT2D eigenvalue weighted by atomic mass is 16.5. The summed E-state index contributed by atoms with van der Waals surface area (Å²) >= 11 is 0. The third-order valence-electron chi connectivity index (χ3n) is 3.52. The van der Waals surface area contributed by atoms with E-state index < -0.39 is 6.10 Å². The van der Waals surface area contributed by atoms with E-state index >= 15 is 0 Å². The van der Waals surface area contributed by atoms with Crippen molar-refractivity contribution in [2.45, 2.75) is 26.4 Å². The van der Waals surface area contributed by atoms with Gasteiger partial charge in [0.2, 0.25) is 5.91 Å². The minimum Gasteiger partial charge on any atom is -0.496 e. The molecule has 0 saturated heterocycles. The predicted octanol–water partition coefficient (Wildman–Crippen LogP) is 3.24. The lowest BCUT2D eigenvalue weighted by atomic mass is 10.1. The number of methoxy groups -OCH3 is 1. The van der Waals surface area contributed by atoms with Crippen molar-refractivity contribution < 1.29 is 14.6 Å². The molecule has 1 atom stereocenters. The number of aliphatic hydroxyl groups is 1. The summed E-state index contributed by atoms with van der Waals surface area (Å²) in [6.45, 7) is 3.64. The molecule has 2 rings (SSSR count). The van der Waals surface area contributed by atoms with Crippen molar-refractivity contribution in [3.8, 4) is 5.75 Å². The van der Waals surface area contributed by atoms with Gasteiger partial charge in [-0.15, -0.1) is 0 Å². The molecule has 0 spiro atoms. The number of nitrogens with one attached hydrogen (secondary N) is 1. The van der Waals surface area contributed by atoms with E-state index in [2.05, 4.69) is 5.32 Å². The number of benzene rings is 2. The molecule has 0 aromatic heterocycles. The second-order valence-corrected chi connectivity index (χ2v) is 5.29. The van der Waals surface area contributed by atoms with Gasteiger partial charge in [0.25, 0.3) is 0 Å². The number of carbonyl (C=O) groups is 1. The minimum absolute atomic E-state index is 0.126. The fourth-order valence-corrected chi connectivity index (χ4v) is 2.33. The number of anilines is 1. The van der Waals surface area contributed by atoms with Crippen molar-refractivity contribution in [1.82, 2.24) is 0 Å². The lowest BCUT2D eigenvalue weighted by Gasteiger charge is -2.13. The van der Waals surface area contributed by atoms with Crippen molar-refractivity contribution >= 4 is 11.6 Å². The number of para-hydroxylation sites is 1. The maximum absolute atomic E-state index is 12.2. The molecule has 4 heteroatoms. The number of hydrogen-bond donors (Lipinski definition) is 2. The highest BCUT2D eigenvalue weighted by Crippen LogP contribution is 2.23. The Balaban J connectivity index is 2.11. The Morgan fingerprint density at radius 2 is 2.00 bits per heavy atom. The Kier molecular flexibility index (Phi) is 5.17. The fourth-order valence-electron chi connectivity index (χ4n) is 2.33. The van der Waals surface area contributed by atoms with Crippen molar-refractivity contribution in [3.63, 3.8) is 0 Å². The number of aliphatic hydroxyl groups excluding tert-OH is 1. The Labute approximate surface area is 130 Å². The molecule has 0 aliphatic heterocycles. The van der Waals surface area contributed by atoms with Gasteiger partial charge in [0, 0.05) is 11.3 Å². The van der Waals surface area contributed by atoms with Gasteiger partial charge < -0.3 is 15.2 Å². The van der Waals surface area contributed by atoms with Crippen LogP contribution in [0.4, 0.5) is 5.69 Å². The van der Waals surface area contributed by atoms with Crippen LogP contribution in [-0.2, 0) is 11.2 Å². The molecule has 0 saturated carbocycles. The Morgan fingerprint density at radius 3 is 2.68 bits per heavy atom. The second kappa shape index (κ2) is 7.09. The largest absolute Gasteiger partial charge is 0.496 e. The molecule has 0 heterocycles. The number of amides is 1. The molecular formula is C18H21NO3. The van der Waals surface area contributed by atoms with Crippen LogP contribution < -0.4 is 10.1 Å². The van der Waals surface area contributed by atoms with Crippen LogP contribution in [-0.4, -0.2) is 18.1 Å². The van der Waals surface area contributed by atoms with Crippen molar-refractivity contribution in [2.75, 3.05) is 12.4 Å². The normalized spacial score (nSPS) is 11.8. The first-order chi connectivity index (χ1) is 10.5.